The van der Waals surface area contributed by atoms with Gasteiger partial charge in [-0.15, -0.1) is 0 Å². The number of methoxy groups -OCH3 is 1. The molecule has 0 radical (unpaired) electrons. The molecule has 0 saturated carbocycles. The van der Waals surface area contributed by atoms with Crippen molar-refractivity contribution in [2.24, 2.45) is 0 Å². The summed E-state index contributed by atoms with van der Waals surface area (Å²) < 4.78 is 15.2. The zero-order valence-electron chi connectivity index (χ0n) is 13.3. The zero-order valence-corrected chi connectivity index (χ0v) is 15.6. The number of rotatable bonds is 9. The first-order valence-corrected chi connectivity index (χ1v) is 8.22. The molecule has 9 heteroatoms. The van der Waals surface area contributed by atoms with Crippen LogP contribution in [0.15, 0.2) is 12.1 Å². The Kier molecular flexibility index (Phi) is 9.21. The van der Waals surface area contributed by atoms with E-state index in [0.29, 0.717) is 0 Å². The van der Waals surface area contributed by atoms with Crippen LogP contribution in [-0.4, -0.2) is 56.8 Å². The summed E-state index contributed by atoms with van der Waals surface area (Å²) in [6.45, 7) is 1.93. The van der Waals surface area contributed by atoms with Crippen LogP contribution in [0.2, 0.25) is 15.1 Å². The van der Waals surface area contributed by atoms with Gasteiger partial charge in [-0.1, -0.05) is 34.8 Å². The second-order valence-corrected chi connectivity index (χ2v) is 5.82. The molecular formula is C15H18Cl3NO5. The van der Waals surface area contributed by atoms with Gasteiger partial charge in [0.25, 0.3) is 5.91 Å². The molecule has 0 spiro atoms. The first kappa shape index (κ1) is 20.8. The maximum Gasteiger partial charge on any atom is 0.325 e. The largest absolute Gasteiger partial charge is 0.482 e. The molecule has 1 rings (SSSR count). The number of carbonyl (C=O) groups is 2. The molecule has 0 fully saturated rings. The standard InChI is InChI=1S/C15H18Cl3NO5/c1-3-23-15(21)8-19(4-5-22-2)14(20)9-24-13-7-11(17)10(16)6-12(13)18/h6-7H,3-5,8-9H2,1-2H3. The quantitative estimate of drug-likeness (QED) is 0.472. The Hall–Kier alpha value is -1.21. The molecule has 24 heavy (non-hydrogen) atoms. The first-order chi connectivity index (χ1) is 11.4. The van der Waals surface area contributed by atoms with Crippen molar-refractivity contribution in [1.82, 2.24) is 4.90 Å². The van der Waals surface area contributed by atoms with E-state index in [0.717, 1.165) is 0 Å². The van der Waals surface area contributed by atoms with Gasteiger partial charge >= 0.3 is 5.97 Å². The predicted octanol–water partition coefficient (Wildman–Crippen LogP) is 3.06. The molecule has 0 unspecified atom stereocenters. The smallest absolute Gasteiger partial charge is 0.325 e. The minimum atomic E-state index is -0.505. The lowest BCUT2D eigenvalue weighted by atomic mass is 10.3. The number of ether oxygens (including phenoxy) is 3. The molecule has 0 saturated heterocycles. The molecule has 0 N–H and O–H groups in total. The zero-order chi connectivity index (χ0) is 18.1. The SMILES string of the molecule is CCOC(=O)CN(CCOC)C(=O)COc1cc(Cl)c(Cl)cc1Cl. The van der Waals surface area contributed by atoms with Crippen LogP contribution in [0.25, 0.3) is 0 Å². The van der Waals surface area contributed by atoms with Crippen LogP contribution in [0, 0.1) is 0 Å². The summed E-state index contributed by atoms with van der Waals surface area (Å²) in [6.07, 6.45) is 0. The van der Waals surface area contributed by atoms with Gasteiger partial charge in [0, 0.05) is 19.7 Å². The van der Waals surface area contributed by atoms with Crippen LogP contribution in [0.1, 0.15) is 6.92 Å². The van der Waals surface area contributed by atoms with Crippen molar-refractivity contribution in [3.8, 4) is 5.75 Å². The van der Waals surface area contributed by atoms with Crippen LogP contribution in [0.5, 0.6) is 5.75 Å². The van der Waals surface area contributed by atoms with Crippen molar-refractivity contribution in [1.29, 1.82) is 0 Å². The molecule has 0 atom stereocenters. The molecule has 0 aromatic heterocycles. The van der Waals surface area contributed by atoms with Crippen molar-refractivity contribution in [2.45, 2.75) is 6.92 Å². The van der Waals surface area contributed by atoms with Crippen molar-refractivity contribution < 1.29 is 23.8 Å². The van der Waals surface area contributed by atoms with Crippen LogP contribution in [0.4, 0.5) is 0 Å². The average Bonchev–Trinajstić information content (AvgIpc) is 2.53. The van der Waals surface area contributed by atoms with Crippen LogP contribution in [0.3, 0.4) is 0 Å². The average molecular weight is 399 g/mol. The molecular weight excluding hydrogens is 381 g/mol. The van der Waals surface area contributed by atoms with Gasteiger partial charge in [0.15, 0.2) is 6.61 Å². The van der Waals surface area contributed by atoms with E-state index in [1.807, 2.05) is 0 Å². The molecule has 1 aromatic carbocycles. The normalized spacial score (nSPS) is 10.4. The molecule has 0 aliphatic heterocycles. The number of halogens is 3. The summed E-state index contributed by atoms with van der Waals surface area (Å²) in [5.74, 6) is -0.695. The fourth-order valence-corrected chi connectivity index (χ4v) is 2.29. The highest BCUT2D eigenvalue weighted by Crippen LogP contribution is 2.33. The van der Waals surface area contributed by atoms with E-state index in [2.05, 4.69) is 0 Å². The summed E-state index contributed by atoms with van der Waals surface area (Å²) in [4.78, 5) is 25.1. The third-order valence-electron chi connectivity index (χ3n) is 2.87. The second-order valence-electron chi connectivity index (χ2n) is 4.60. The van der Waals surface area contributed by atoms with Gasteiger partial charge < -0.3 is 19.1 Å². The third-order valence-corrected chi connectivity index (χ3v) is 3.89. The summed E-state index contributed by atoms with van der Waals surface area (Å²) >= 11 is 17.7. The van der Waals surface area contributed by atoms with Crippen molar-refractivity contribution in [3.05, 3.63) is 27.2 Å². The number of amides is 1. The molecule has 6 nitrogen and oxygen atoms in total. The molecule has 0 aliphatic rings. The summed E-state index contributed by atoms with van der Waals surface area (Å²) in [6, 6.07) is 2.84. The Labute approximate surface area is 155 Å². The van der Waals surface area contributed by atoms with E-state index < -0.39 is 11.9 Å². The molecule has 0 heterocycles. The number of esters is 1. The maximum absolute atomic E-state index is 12.3. The number of hydrogen-bond donors (Lipinski definition) is 0. The lowest BCUT2D eigenvalue weighted by molar-refractivity contribution is -0.149. The van der Waals surface area contributed by atoms with Crippen LogP contribution >= 0.6 is 34.8 Å². The highest BCUT2D eigenvalue weighted by molar-refractivity contribution is 6.43. The van der Waals surface area contributed by atoms with Gasteiger partial charge in [-0.25, -0.2) is 0 Å². The number of hydrogen-bond acceptors (Lipinski definition) is 5. The molecule has 0 bridgehead atoms. The van der Waals surface area contributed by atoms with E-state index in [1.165, 1.54) is 24.1 Å². The van der Waals surface area contributed by atoms with Crippen LogP contribution < -0.4 is 4.74 Å². The third kappa shape index (κ3) is 6.73. The second kappa shape index (κ2) is 10.6. The van der Waals surface area contributed by atoms with E-state index in [9.17, 15) is 9.59 Å². The number of nitrogens with zero attached hydrogens (tertiary/aromatic N) is 1. The van der Waals surface area contributed by atoms with Crippen molar-refractivity contribution in [3.63, 3.8) is 0 Å². The molecule has 1 aromatic rings. The van der Waals surface area contributed by atoms with E-state index in [4.69, 9.17) is 49.0 Å². The summed E-state index contributed by atoms with van der Waals surface area (Å²) in [7, 11) is 1.50. The lowest BCUT2D eigenvalue weighted by Gasteiger charge is -2.21. The van der Waals surface area contributed by atoms with Crippen molar-refractivity contribution in [2.75, 3.05) is 40.0 Å². The topological polar surface area (TPSA) is 65.1 Å². The Morgan fingerprint density at radius 1 is 1.12 bits per heavy atom. The van der Waals surface area contributed by atoms with Gasteiger partial charge in [-0.3, -0.25) is 9.59 Å². The van der Waals surface area contributed by atoms with Crippen LogP contribution in [-0.2, 0) is 19.1 Å². The number of carbonyl (C=O) groups excluding carboxylic acids is 2. The minimum absolute atomic E-state index is 0.186. The Bertz CT molecular complexity index is 582. The minimum Gasteiger partial charge on any atom is -0.482 e. The highest BCUT2D eigenvalue weighted by atomic mass is 35.5. The molecule has 134 valence electrons. The summed E-state index contributed by atoms with van der Waals surface area (Å²) in [5, 5.41) is 0.765. The van der Waals surface area contributed by atoms with Gasteiger partial charge in [0.05, 0.1) is 28.3 Å². The van der Waals surface area contributed by atoms with Gasteiger partial charge in [0.2, 0.25) is 0 Å². The van der Waals surface area contributed by atoms with Gasteiger partial charge in [-0.2, -0.15) is 0 Å². The van der Waals surface area contributed by atoms with E-state index in [-0.39, 0.29) is 53.7 Å². The fraction of sp³-hybridized carbons (Fsp3) is 0.467. The molecule has 1 amide bonds. The summed E-state index contributed by atoms with van der Waals surface area (Å²) in [5.41, 5.74) is 0. The monoisotopic (exact) mass is 397 g/mol. The number of benzene rings is 1. The van der Waals surface area contributed by atoms with E-state index >= 15 is 0 Å². The molecule has 0 aliphatic carbocycles. The maximum atomic E-state index is 12.3. The lowest BCUT2D eigenvalue weighted by Crippen LogP contribution is -2.41. The fourth-order valence-electron chi connectivity index (χ4n) is 1.70. The predicted molar refractivity (Wildman–Crippen MR) is 92.1 cm³/mol. The van der Waals surface area contributed by atoms with Crippen molar-refractivity contribution >= 4 is 46.7 Å². The highest BCUT2D eigenvalue weighted by Gasteiger charge is 2.19. The Morgan fingerprint density at radius 3 is 2.42 bits per heavy atom. The Balaban J connectivity index is 2.70. The van der Waals surface area contributed by atoms with E-state index in [1.54, 1.807) is 6.92 Å². The van der Waals surface area contributed by atoms with Gasteiger partial charge in [-0.05, 0) is 13.0 Å². The Morgan fingerprint density at radius 2 is 1.79 bits per heavy atom. The first-order valence-electron chi connectivity index (χ1n) is 7.08. The van der Waals surface area contributed by atoms with Gasteiger partial charge in [0.1, 0.15) is 12.3 Å².